The fraction of sp³-hybridized carbons (Fsp3) is 0.273. The Morgan fingerprint density at radius 2 is 1.76 bits per heavy atom. The molecule has 0 bridgehead atoms. The summed E-state index contributed by atoms with van der Waals surface area (Å²) < 4.78 is 45.0. The van der Waals surface area contributed by atoms with Gasteiger partial charge in [-0.3, -0.25) is 5.32 Å². The third-order valence-corrected chi connectivity index (χ3v) is 5.31. The van der Waals surface area contributed by atoms with Crippen molar-refractivity contribution in [2.24, 2.45) is 0 Å². The largest absolute Gasteiger partial charge is 0.417 e. The Hall–Kier alpha value is -2.22. The first-order valence-electron chi connectivity index (χ1n) is 9.18. The maximum atomic E-state index is 13.1. The van der Waals surface area contributed by atoms with Crippen LogP contribution in [0.15, 0.2) is 65.6 Å². The lowest BCUT2D eigenvalue weighted by Gasteiger charge is -2.29. The average Bonchev–Trinajstić information content (AvgIpc) is 2.69. The van der Waals surface area contributed by atoms with E-state index in [2.05, 4.69) is 42.2 Å². The number of alkyl halides is 3. The van der Waals surface area contributed by atoms with Crippen LogP contribution in [-0.4, -0.2) is 19.9 Å². The van der Waals surface area contributed by atoms with Crippen LogP contribution in [0, 0.1) is 0 Å². The topological polar surface area (TPSA) is 24.5 Å². The first kappa shape index (κ1) is 21.5. The van der Waals surface area contributed by atoms with Crippen molar-refractivity contribution < 1.29 is 17.9 Å². The summed E-state index contributed by atoms with van der Waals surface area (Å²) in [6.07, 6.45) is -4.69. The number of nitrogens with one attached hydrogen (secondary N) is 1. The van der Waals surface area contributed by atoms with Crippen LogP contribution >= 0.6 is 12.6 Å². The zero-order chi connectivity index (χ0) is 21.0. The van der Waals surface area contributed by atoms with E-state index in [4.69, 9.17) is 4.74 Å². The Morgan fingerprint density at radius 3 is 2.48 bits per heavy atom. The van der Waals surface area contributed by atoms with E-state index in [9.17, 15) is 13.2 Å². The second kappa shape index (κ2) is 9.07. The molecule has 3 aromatic rings. The number of nitrogens with zero attached hydrogens (tertiary/aromatic N) is 1. The first-order valence-corrected chi connectivity index (χ1v) is 9.63. The molecule has 0 aliphatic rings. The number of benzene rings is 3. The van der Waals surface area contributed by atoms with Gasteiger partial charge in [-0.15, -0.1) is 12.6 Å². The molecule has 0 aliphatic carbocycles. The van der Waals surface area contributed by atoms with Crippen LogP contribution < -0.4 is 10.2 Å². The van der Waals surface area contributed by atoms with Crippen molar-refractivity contribution >= 4 is 29.1 Å². The van der Waals surface area contributed by atoms with Gasteiger partial charge in [-0.1, -0.05) is 42.5 Å². The number of hydrogen-bond acceptors (Lipinski definition) is 4. The molecule has 29 heavy (non-hydrogen) atoms. The number of fused-ring (bicyclic) bond motifs is 1. The molecule has 0 aliphatic heterocycles. The number of thiol groups is 1. The molecule has 7 heteroatoms. The summed E-state index contributed by atoms with van der Waals surface area (Å²) in [5.74, 6) is 0. The van der Waals surface area contributed by atoms with Gasteiger partial charge in [-0.25, -0.2) is 0 Å². The Bertz CT molecular complexity index is 978. The van der Waals surface area contributed by atoms with Gasteiger partial charge in [0.15, 0.2) is 0 Å². The number of halogens is 3. The molecule has 0 saturated heterocycles. The van der Waals surface area contributed by atoms with Crippen LogP contribution in [0.1, 0.15) is 18.1 Å². The minimum atomic E-state index is -4.44. The predicted octanol–water partition coefficient (Wildman–Crippen LogP) is 5.69. The summed E-state index contributed by atoms with van der Waals surface area (Å²) in [5, 5.41) is 5.49. The normalized spacial score (nSPS) is 12.9. The van der Waals surface area contributed by atoms with Gasteiger partial charge in [0.05, 0.1) is 30.8 Å². The summed E-state index contributed by atoms with van der Waals surface area (Å²) in [6, 6.07) is 18.3. The van der Waals surface area contributed by atoms with Gasteiger partial charge in [0.25, 0.3) is 0 Å². The van der Waals surface area contributed by atoms with Crippen molar-refractivity contribution in [2.45, 2.75) is 30.8 Å². The van der Waals surface area contributed by atoms with E-state index in [1.54, 1.807) is 18.0 Å². The first-order chi connectivity index (χ1) is 13.8. The van der Waals surface area contributed by atoms with Gasteiger partial charge in [-0.05, 0) is 41.5 Å². The maximum absolute atomic E-state index is 13.1. The lowest BCUT2D eigenvalue weighted by molar-refractivity contribution is -0.139. The highest BCUT2D eigenvalue weighted by Gasteiger charge is 2.34. The van der Waals surface area contributed by atoms with E-state index in [1.165, 1.54) is 11.5 Å². The SMILES string of the molecule is CC(NCOCc1ccc2ccccc2c1)N(C)c1cccc(C(F)(F)F)c1S. The Kier molecular flexibility index (Phi) is 6.72. The summed E-state index contributed by atoms with van der Waals surface area (Å²) in [7, 11) is 1.72. The van der Waals surface area contributed by atoms with Crippen molar-refractivity contribution in [3.05, 3.63) is 71.8 Å². The van der Waals surface area contributed by atoms with E-state index in [0.717, 1.165) is 17.0 Å². The van der Waals surface area contributed by atoms with E-state index in [1.807, 2.05) is 25.1 Å². The fourth-order valence-electron chi connectivity index (χ4n) is 3.07. The molecule has 1 unspecified atom stereocenters. The van der Waals surface area contributed by atoms with Gasteiger partial charge in [0, 0.05) is 11.9 Å². The van der Waals surface area contributed by atoms with Gasteiger partial charge >= 0.3 is 6.18 Å². The smallest absolute Gasteiger partial charge is 0.362 e. The van der Waals surface area contributed by atoms with Crippen LogP contribution in [0.4, 0.5) is 18.9 Å². The number of ether oxygens (including phenoxy) is 1. The summed E-state index contributed by atoms with van der Waals surface area (Å²) in [6.45, 7) is 2.56. The molecule has 1 N–H and O–H groups in total. The van der Waals surface area contributed by atoms with Gasteiger partial charge in [0.1, 0.15) is 0 Å². The molecule has 0 amide bonds. The minimum Gasteiger partial charge on any atom is -0.362 e. The van der Waals surface area contributed by atoms with Crippen molar-refractivity contribution in [1.29, 1.82) is 0 Å². The highest BCUT2D eigenvalue weighted by molar-refractivity contribution is 7.80. The molecule has 0 saturated carbocycles. The van der Waals surface area contributed by atoms with Crippen LogP contribution in [0.3, 0.4) is 0 Å². The Labute approximate surface area is 173 Å². The van der Waals surface area contributed by atoms with Crippen molar-refractivity contribution in [3.63, 3.8) is 0 Å². The summed E-state index contributed by atoms with van der Waals surface area (Å²) in [5.41, 5.74) is 0.713. The van der Waals surface area contributed by atoms with Crippen molar-refractivity contribution in [1.82, 2.24) is 5.32 Å². The zero-order valence-corrected chi connectivity index (χ0v) is 17.1. The van der Waals surface area contributed by atoms with Gasteiger partial charge in [0.2, 0.25) is 0 Å². The highest BCUT2D eigenvalue weighted by atomic mass is 32.1. The summed E-state index contributed by atoms with van der Waals surface area (Å²) in [4.78, 5) is 1.62. The molecular formula is C22H23F3N2OS. The Morgan fingerprint density at radius 1 is 1.03 bits per heavy atom. The second-order valence-electron chi connectivity index (χ2n) is 6.84. The summed E-state index contributed by atoms with van der Waals surface area (Å²) >= 11 is 4.10. The van der Waals surface area contributed by atoms with Crippen LogP contribution in [0.25, 0.3) is 10.8 Å². The molecule has 154 valence electrons. The zero-order valence-electron chi connectivity index (χ0n) is 16.2. The molecule has 0 spiro atoms. The molecule has 3 rings (SSSR count). The molecular weight excluding hydrogens is 397 g/mol. The molecule has 3 aromatic carbocycles. The van der Waals surface area contributed by atoms with Gasteiger partial charge < -0.3 is 9.64 Å². The number of hydrogen-bond donors (Lipinski definition) is 2. The third kappa shape index (κ3) is 5.23. The van der Waals surface area contributed by atoms with Crippen LogP contribution in [-0.2, 0) is 17.5 Å². The van der Waals surface area contributed by atoms with E-state index >= 15 is 0 Å². The average molecular weight is 421 g/mol. The second-order valence-corrected chi connectivity index (χ2v) is 7.28. The molecule has 0 radical (unpaired) electrons. The number of rotatable bonds is 7. The highest BCUT2D eigenvalue weighted by Crippen LogP contribution is 2.38. The minimum absolute atomic E-state index is 0.0896. The van der Waals surface area contributed by atoms with Crippen molar-refractivity contribution in [2.75, 3.05) is 18.7 Å². The van der Waals surface area contributed by atoms with Crippen LogP contribution in [0.2, 0.25) is 0 Å². The van der Waals surface area contributed by atoms with Crippen molar-refractivity contribution in [3.8, 4) is 0 Å². The van der Waals surface area contributed by atoms with E-state index in [-0.39, 0.29) is 17.8 Å². The van der Waals surface area contributed by atoms with Crippen LogP contribution in [0.5, 0.6) is 0 Å². The molecule has 3 nitrogen and oxygen atoms in total. The standard InChI is InChI=1S/C22H23F3N2OS/c1-15(27(2)20-9-5-8-19(21(20)29)22(23,24)25)26-14-28-13-16-10-11-17-6-3-4-7-18(17)12-16/h3-12,15,26,29H,13-14H2,1-2H3. The van der Waals surface area contributed by atoms with E-state index < -0.39 is 11.7 Å². The number of anilines is 1. The monoisotopic (exact) mass is 420 g/mol. The lowest BCUT2D eigenvalue weighted by atomic mass is 10.1. The fourth-order valence-corrected chi connectivity index (χ4v) is 3.50. The maximum Gasteiger partial charge on any atom is 0.417 e. The van der Waals surface area contributed by atoms with Gasteiger partial charge in [-0.2, -0.15) is 13.2 Å². The Balaban J connectivity index is 1.55. The lowest BCUT2D eigenvalue weighted by Crippen LogP contribution is -2.42. The molecule has 1 atom stereocenters. The third-order valence-electron chi connectivity index (χ3n) is 4.84. The predicted molar refractivity (Wildman–Crippen MR) is 113 cm³/mol. The molecule has 0 fully saturated rings. The quantitative estimate of drug-likeness (QED) is 0.292. The molecule has 0 aromatic heterocycles. The van der Waals surface area contributed by atoms with E-state index in [0.29, 0.717) is 12.3 Å². The molecule has 0 heterocycles.